The average Bonchev–Trinajstić information content (AvgIpc) is 2.86. The van der Waals surface area contributed by atoms with E-state index in [1.165, 1.54) is 27.1 Å². The topological polar surface area (TPSA) is 51.8 Å². The van der Waals surface area contributed by atoms with Crippen molar-refractivity contribution in [1.29, 1.82) is 0 Å². The van der Waals surface area contributed by atoms with E-state index in [4.69, 9.17) is 13.3 Å². The fourth-order valence-corrected chi connectivity index (χ4v) is 7.60. The summed E-state index contributed by atoms with van der Waals surface area (Å²) < 4.78 is 18.1. The molecule has 0 aromatic heterocycles. The van der Waals surface area contributed by atoms with Crippen LogP contribution in [0.5, 0.6) is 0 Å². The van der Waals surface area contributed by atoms with Crippen LogP contribution < -0.4 is 10.6 Å². The van der Waals surface area contributed by atoms with E-state index < -0.39 is 8.80 Å². The molecule has 0 bridgehead atoms. The highest BCUT2D eigenvalue weighted by molar-refractivity contribution is 6.60. The van der Waals surface area contributed by atoms with Gasteiger partial charge in [0, 0.05) is 50.0 Å². The Kier molecular flexibility index (Phi) is 10.7. The van der Waals surface area contributed by atoms with Crippen LogP contribution in [0.15, 0.2) is 54.6 Å². The van der Waals surface area contributed by atoms with Crippen molar-refractivity contribution in [2.24, 2.45) is 0 Å². The number of nitrogens with one attached hydrogen (secondary N) is 2. The Morgan fingerprint density at radius 3 is 1.73 bits per heavy atom. The van der Waals surface area contributed by atoms with E-state index in [9.17, 15) is 0 Å². The minimum absolute atomic E-state index is 0.00409. The number of hydrogen-bond acceptors (Lipinski definition) is 5. The van der Waals surface area contributed by atoms with Crippen molar-refractivity contribution in [3.8, 4) is 0 Å². The van der Waals surface area contributed by atoms with E-state index >= 15 is 0 Å². The Balaban J connectivity index is 1.61. The number of hydrogen-bond donors (Lipinski definition) is 2. The van der Waals surface area contributed by atoms with Crippen molar-refractivity contribution in [2.45, 2.75) is 85.0 Å². The molecule has 0 saturated carbocycles. The van der Waals surface area contributed by atoms with Crippen LogP contribution in [-0.4, -0.2) is 46.2 Å². The van der Waals surface area contributed by atoms with E-state index in [0.29, 0.717) is 19.8 Å². The summed E-state index contributed by atoms with van der Waals surface area (Å²) >= 11 is 0. The van der Waals surface area contributed by atoms with Crippen LogP contribution in [0, 0.1) is 0 Å². The van der Waals surface area contributed by atoms with Crippen LogP contribution >= 0.6 is 0 Å². The minimum Gasteiger partial charge on any atom is -0.374 e. The quantitative estimate of drug-likeness (QED) is 0.155. The molecule has 3 aromatic carbocycles. The zero-order valence-electron chi connectivity index (χ0n) is 24.1. The van der Waals surface area contributed by atoms with Gasteiger partial charge in [0.05, 0.1) is 0 Å². The molecule has 0 atom stereocenters. The van der Waals surface area contributed by atoms with Crippen LogP contribution in [0.25, 0.3) is 21.5 Å². The van der Waals surface area contributed by atoms with Crippen LogP contribution in [-0.2, 0) is 19.8 Å². The predicted octanol–water partition coefficient (Wildman–Crippen LogP) is 7.06. The third kappa shape index (κ3) is 8.34. The molecule has 37 heavy (non-hydrogen) atoms. The monoisotopic (exact) mass is 524 g/mol. The molecule has 0 spiro atoms. The first-order valence-electron chi connectivity index (χ1n) is 14.0. The van der Waals surface area contributed by atoms with Gasteiger partial charge in [-0.05, 0) is 94.5 Å². The van der Waals surface area contributed by atoms with Crippen LogP contribution in [0.2, 0.25) is 6.04 Å². The summed E-state index contributed by atoms with van der Waals surface area (Å²) in [5.41, 5.74) is 1.29. The van der Waals surface area contributed by atoms with Gasteiger partial charge < -0.3 is 23.9 Å². The minimum atomic E-state index is -2.59. The second kappa shape index (κ2) is 13.3. The van der Waals surface area contributed by atoms with E-state index in [2.05, 4.69) is 92.9 Å². The second-order valence-electron chi connectivity index (χ2n) is 11.1. The summed E-state index contributed by atoms with van der Waals surface area (Å²) in [6.07, 6.45) is 2.03. The number of fused-ring (bicyclic) bond motifs is 2. The standard InChI is InChI=1S/C31H48N2O3Si/c1-8-34-37(35-9-2,36-10-3)21-15-20-30(4,5)33-24-31(6,7)32-23-29-27-18-13-11-16-25(27)22-26-17-12-14-19-28(26)29/h11-14,16-19,22,32-33H,8-10,15,20-21,23-24H2,1-7H3. The van der Waals surface area contributed by atoms with Gasteiger partial charge in [0.15, 0.2) is 0 Å². The van der Waals surface area contributed by atoms with E-state index in [0.717, 1.165) is 32.0 Å². The number of benzene rings is 3. The van der Waals surface area contributed by atoms with Crippen molar-refractivity contribution >= 4 is 30.3 Å². The van der Waals surface area contributed by atoms with E-state index in [1.807, 2.05) is 20.8 Å². The Labute approximate surface area is 225 Å². The molecule has 2 N–H and O–H groups in total. The highest BCUT2D eigenvalue weighted by Crippen LogP contribution is 2.29. The molecular formula is C31H48N2O3Si. The first-order valence-corrected chi connectivity index (χ1v) is 15.9. The van der Waals surface area contributed by atoms with Gasteiger partial charge in [0.1, 0.15) is 0 Å². The van der Waals surface area contributed by atoms with Crippen molar-refractivity contribution < 1.29 is 13.3 Å². The fraction of sp³-hybridized carbons (Fsp3) is 0.548. The molecule has 0 fully saturated rings. The summed E-state index contributed by atoms with van der Waals surface area (Å²) in [6.45, 7) is 18.7. The Morgan fingerprint density at radius 1 is 0.703 bits per heavy atom. The molecule has 204 valence electrons. The highest BCUT2D eigenvalue weighted by Gasteiger charge is 2.40. The predicted molar refractivity (Wildman–Crippen MR) is 159 cm³/mol. The first-order chi connectivity index (χ1) is 17.6. The second-order valence-corrected chi connectivity index (χ2v) is 13.8. The lowest BCUT2D eigenvalue weighted by Gasteiger charge is -2.35. The maximum absolute atomic E-state index is 6.04. The lowest BCUT2D eigenvalue weighted by molar-refractivity contribution is 0.0701. The van der Waals surface area contributed by atoms with Gasteiger partial charge in [-0.25, -0.2) is 0 Å². The molecule has 0 saturated heterocycles. The smallest absolute Gasteiger partial charge is 0.374 e. The Bertz CT molecular complexity index is 1060. The summed E-state index contributed by atoms with van der Waals surface area (Å²) in [5.74, 6) is 0. The van der Waals surface area contributed by atoms with Gasteiger partial charge in [-0.3, -0.25) is 0 Å². The summed E-state index contributed by atoms with van der Waals surface area (Å²) in [5, 5.41) is 12.9. The molecule has 0 radical (unpaired) electrons. The van der Waals surface area contributed by atoms with Crippen LogP contribution in [0.3, 0.4) is 0 Å². The molecule has 0 amide bonds. The number of rotatable bonds is 16. The van der Waals surface area contributed by atoms with Crippen LogP contribution in [0.4, 0.5) is 0 Å². The van der Waals surface area contributed by atoms with Gasteiger partial charge in [-0.15, -0.1) is 0 Å². The molecule has 0 aliphatic carbocycles. The van der Waals surface area contributed by atoms with E-state index in [1.54, 1.807) is 0 Å². The van der Waals surface area contributed by atoms with Gasteiger partial charge in [0.2, 0.25) is 0 Å². The maximum atomic E-state index is 6.04. The largest absolute Gasteiger partial charge is 0.500 e. The average molecular weight is 525 g/mol. The molecule has 0 heterocycles. The van der Waals surface area contributed by atoms with E-state index in [-0.39, 0.29) is 11.1 Å². The molecule has 3 aromatic rings. The third-order valence-corrected chi connectivity index (χ3v) is 10.2. The third-order valence-electron chi connectivity index (χ3n) is 7.01. The zero-order chi connectivity index (χ0) is 26.9. The van der Waals surface area contributed by atoms with Gasteiger partial charge in [-0.2, -0.15) is 0 Å². The lowest BCUT2D eigenvalue weighted by atomic mass is 9.94. The molecule has 0 aliphatic rings. The zero-order valence-corrected chi connectivity index (χ0v) is 25.1. The summed E-state index contributed by atoms with van der Waals surface area (Å²) in [4.78, 5) is 0. The molecular weight excluding hydrogens is 476 g/mol. The maximum Gasteiger partial charge on any atom is 0.500 e. The molecule has 6 heteroatoms. The fourth-order valence-electron chi connectivity index (χ4n) is 4.99. The first kappa shape index (κ1) is 29.7. The highest BCUT2D eigenvalue weighted by atomic mass is 28.4. The molecule has 0 unspecified atom stereocenters. The molecule has 3 rings (SSSR count). The Morgan fingerprint density at radius 2 is 1.22 bits per heavy atom. The van der Waals surface area contributed by atoms with Gasteiger partial charge in [0.25, 0.3) is 0 Å². The molecule has 0 aliphatic heterocycles. The van der Waals surface area contributed by atoms with Crippen molar-refractivity contribution in [1.82, 2.24) is 10.6 Å². The lowest BCUT2D eigenvalue weighted by Crippen LogP contribution is -2.53. The van der Waals surface area contributed by atoms with Crippen molar-refractivity contribution in [3.05, 3.63) is 60.2 Å². The van der Waals surface area contributed by atoms with Crippen LogP contribution in [0.1, 0.15) is 66.9 Å². The van der Waals surface area contributed by atoms with Gasteiger partial charge in [-0.1, -0.05) is 48.5 Å². The van der Waals surface area contributed by atoms with Gasteiger partial charge >= 0.3 is 8.80 Å². The van der Waals surface area contributed by atoms with Crippen molar-refractivity contribution in [2.75, 3.05) is 26.4 Å². The van der Waals surface area contributed by atoms with Crippen molar-refractivity contribution in [3.63, 3.8) is 0 Å². The summed E-state index contributed by atoms with van der Waals surface area (Å²) in [7, 11) is -2.59. The Hall–Kier alpha value is -1.80. The molecule has 5 nitrogen and oxygen atoms in total. The normalized spacial score (nSPS) is 13.1. The summed E-state index contributed by atoms with van der Waals surface area (Å²) in [6, 6.07) is 20.6. The SMILES string of the molecule is CCO[Si](CCCC(C)(C)NCC(C)(C)NCc1c2ccccc2cc2ccccc12)(OCC)OCC.